The second-order valence-corrected chi connectivity index (χ2v) is 15.2. The average molecular weight is 494 g/mol. The van der Waals surface area contributed by atoms with Gasteiger partial charge in [0, 0.05) is 17.3 Å². The molecule has 0 aliphatic rings. The van der Waals surface area contributed by atoms with Crippen molar-refractivity contribution in [2.75, 3.05) is 13.2 Å². The molecule has 0 aliphatic carbocycles. The van der Waals surface area contributed by atoms with Gasteiger partial charge in [0.25, 0.3) is 0 Å². The number of ether oxygens (including phenoxy) is 1. The Kier molecular flexibility index (Phi) is 10.6. The molecule has 0 bridgehead atoms. The summed E-state index contributed by atoms with van der Waals surface area (Å²) in [6.07, 6.45) is 8.10. The molecule has 6 nitrogen and oxygen atoms in total. The maximum Gasteiger partial charge on any atom is 0.0847 e. The van der Waals surface area contributed by atoms with Crippen LogP contribution in [0.2, 0.25) is 0 Å². The lowest BCUT2D eigenvalue weighted by Crippen LogP contribution is -2.45. The van der Waals surface area contributed by atoms with E-state index in [9.17, 15) is 0 Å². The van der Waals surface area contributed by atoms with Crippen LogP contribution in [0.3, 0.4) is 0 Å². The zero-order valence-electron chi connectivity index (χ0n) is 25.6. The van der Waals surface area contributed by atoms with Crippen molar-refractivity contribution in [3.05, 3.63) is 11.9 Å². The Morgan fingerprint density at radius 1 is 0.914 bits per heavy atom. The van der Waals surface area contributed by atoms with E-state index in [0.29, 0.717) is 12.0 Å². The molecule has 1 rings (SSSR count). The van der Waals surface area contributed by atoms with Crippen molar-refractivity contribution in [3.63, 3.8) is 0 Å². The van der Waals surface area contributed by atoms with Gasteiger partial charge in [0.1, 0.15) is 0 Å². The lowest BCUT2D eigenvalue weighted by molar-refractivity contribution is -0.0667. The Hall–Kier alpha value is -0.980. The number of nitrogens with two attached hydrogens (primary N) is 1. The number of nitrogens with one attached hydrogen (secondary N) is 1. The summed E-state index contributed by atoms with van der Waals surface area (Å²) in [5, 5.41) is 12.8. The van der Waals surface area contributed by atoms with Crippen LogP contribution >= 0.6 is 0 Å². The summed E-state index contributed by atoms with van der Waals surface area (Å²) in [4.78, 5) is 0. The Labute approximate surface area is 217 Å². The molecule has 1 aromatic rings. The van der Waals surface area contributed by atoms with Gasteiger partial charge in [-0.3, -0.25) is 0 Å². The van der Waals surface area contributed by atoms with E-state index < -0.39 is 0 Å². The van der Waals surface area contributed by atoms with Crippen LogP contribution in [0.25, 0.3) is 0 Å². The molecule has 0 amide bonds. The van der Waals surface area contributed by atoms with Gasteiger partial charge < -0.3 is 15.8 Å². The molecule has 1 unspecified atom stereocenters. The van der Waals surface area contributed by atoms with E-state index in [1.807, 2.05) is 4.68 Å². The number of hydrogen-bond donors (Lipinski definition) is 2. The second-order valence-electron chi connectivity index (χ2n) is 15.2. The molecule has 0 fully saturated rings. The first-order valence-corrected chi connectivity index (χ1v) is 13.7. The molecule has 6 heteroatoms. The Morgan fingerprint density at radius 3 is 2.03 bits per heavy atom. The highest BCUT2D eigenvalue weighted by atomic mass is 16.5. The zero-order valence-corrected chi connectivity index (χ0v) is 25.6. The quantitative estimate of drug-likeness (QED) is 0.292. The fourth-order valence-corrected chi connectivity index (χ4v) is 4.81. The molecule has 35 heavy (non-hydrogen) atoms. The van der Waals surface area contributed by atoms with E-state index in [2.05, 4.69) is 112 Å². The second kappa shape index (κ2) is 11.6. The van der Waals surface area contributed by atoms with Crippen LogP contribution in [0.5, 0.6) is 0 Å². The highest BCUT2D eigenvalue weighted by molar-refractivity contribution is 5.00. The van der Waals surface area contributed by atoms with Crippen molar-refractivity contribution < 1.29 is 4.74 Å². The molecule has 0 saturated heterocycles. The van der Waals surface area contributed by atoms with E-state index in [1.54, 1.807) is 0 Å². The number of nitrogens with zero attached hydrogens (tertiary/aromatic N) is 3. The molecule has 0 aromatic carbocycles. The summed E-state index contributed by atoms with van der Waals surface area (Å²) in [5.74, 6) is 0. The van der Waals surface area contributed by atoms with Crippen molar-refractivity contribution in [1.82, 2.24) is 20.3 Å². The minimum atomic E-state index is -0.225. The third-order valence-electron chi connectivity index (χ3n) is 7.02. The van der Waals surface area contributed by atoms with E-state index in [-0.39, 0.29) is 27.6 Å². The van der Waals surface area contributed by atoms with E-state index in [1.165, 1.54) is 0 Å². The van der Waals surface area contributed by atoms with E-state index in [0.717, 1.165) is 50.8 Å². The van der Waals surface area contributed by atoms with Crippen LogP contribution in [-0.4, -0.2) is 44.8 Å². The van der Waals surface area contributed by atoms with Crippen LogP contribution < -0.4 is 11.1 Å². The highest BCUT2D eigenvalue weighted by Crippen LogP contribution is 2.36. The largest absolute Gasteiger partial charge is 0.373 e. The minimum Gasteiger partial charge on any atom is -0.373 e. The highest BCUT2D eigenvalue weighted by Gasteiger charge is 2.33. The molecule has 1 aromatic heterocycles. The summed E-state index contributed by atoms with van der Waals surface area (Å²) in [5.41, 5.74) is 7.13. The summed E-state index contributed by atoms with van der Waals surface area (Å²) in [7, 11) is 0. The average Bonchev–Trinajstić information content (AvgIpc) is 3.10. The van der Waals surface area contributed by atoms with Gasteiger partial charge in [0.2, 0.25) is 0 Å². The lowest BCUT2D eigenvalue weighted by atomic mass is 9.74. The normalized spacial score (nSPS) is 15.9. The minimum absolute atomic E-state index is 0.0423. The van der Waals surface area contributed by atoms with Crippen molar-refractivity contribution in [1.29, 1.82) is 0 Å². The molecule has 0 aliphatic heterocycles. The Balaban J connectivity index is 2.72. The van der Waals surface area contributed by atoms with Crippen molar-refractivity contribution in [2.24, 2.45) is 16.6 Å². The predicted octanol–water partition coefficient (Wildman–Crippen LogP) is 6.48. The van der Waals surface area contributed by atoms with Crippen LogP contribution in [-0.2, 0) is 16.7 Å². The Morgan fingerprint density at radius 2 is 1.51 bits per heavy atom. The lowest BCUT2D eigenvalue weighted by Gasteiger charge is -2.36. The zero-order chi connectivity index (χ0) is 27.3. The smallest absolute Gasteiger partial charge is 0.0847 e. The van der Waals surface area contributed by atoms with Gasteiger partial charge >= 0.3 is 0 Å². The van der Waals surface area contributed by atoms with Gasteiger partial charge in [-0.25, -0.2) is 4.68 Å². The summed E-state index contributed by atoms with van der Waals surface area (Å²) < 4.78 is 8.57. The van der Waals surface area contributed by atoms with Crippen LogP contribution in [0.1, 0.15) is 128 Å². The molecule has 0 saturated carbocycles. The van der Waals surface area contributed by atoms with Gasteiger partial charge in [-0.15, -0.1) is 5.10 Å². The third kappa shape index (κ3) is 12.7. The van der Waals surface area contributed by atoms with Crippen LogP contribution in [0.15, 0.2) is 6.20 Å². The van der Waals surface area contributed by atoms with E-state index >= 15 is 0 Å². The third-order valence-corrected chi connectivity index (χ3v) is 7.02. The standard InChI is InChI=1S/C29H59N5O/c1-14-29(13,34-20-23(32-33-34)19-25(5,6)21-24(2,3)4)22-35-28(11,12)16-15-27(9,10)31-18-17-26(7,8)30/h20,31H,14-19,21-22,30H2,1-13H3. The van der Waals surface area contributed by atoms with Crippen molar-refractivity contribution >= 4 is 0 Å². The van der Waals surface area contributed by atoms with Gasteiger partial charge in [-0.1, -0.05) is 46.8 Å². The molecule has 1 atom stereocenters. The fraction of sp³-hybridized carbons (Fsp3) is 0.931. The number of rotatable bonds is 15. The predicted molar refractivity (Wildman–Crippen MR) is 150 cm³/mol. The van der Waals surface area contributed by atoms with Crippen molar-refractivity contribution in [2.45, 2.75) is 151 Å². The van der Waals surface area contributed by atoms with Crippen molar-refractivity contribution in [3.8, 4) is 0 Å². The maximum atomic E-state index is 6.53. The first-order valence-electron chi connectivity index (χ1n) is 13.7. The molecule has 0 spiro atoms. The first-order chi connectivity index (χ1) is 15.6. The topological polar surface area (TPSA) is 78.0 Å². The number of hydrogen-bond acceptors (Lipinski definition) is 5. The number of aromatic nitrogens is 3. The summed E-state index contributed by atoms with van der Waals surface area (Å²) in [6, 6.07) is 0. The molecular formula is C29H59N5O. The monoisotopic (exact) mass is 493 g/mol. The summed E-state index contributed by atoms with van der Waals surface area (Å²) >= 11 is 0. The van der Waals surface area contributed by atoms with Crippen LogP contribution in [0, 0.1) is 10.8 Å². The first kappa shape index (κ1) is 32.0. The molecule has 206 valence electrons. The fourth-order valence-electron chi connectivity index (χ4n) is 4.81. The van der Waals surface area contributed by atoms with Gasteiger partial charge in [-0.2, -0.15) is 0 Å². The van der Waals surface area contributed by atoms with Gasteiger partial charge in [0.05, 0.1) is 23.4 Å². The molecule has 0 radical (unpaired) electrons. The van der Waals surface area contributed by atoms with Gasteiger partial charge in [-0.05, 0) is 104 Å². The molecule has 3 N–H and O–H groups in total. The molecular weight excluding hydrogens is 434 g/mol. The Bertz CT molecular complexity index is 767. The molecule has 1 heterocycles. The SMILES string of the molecule is CCC(C)(COC(C)(C)CCC(C)(C)NCCC(C)(C)N)n1cc(CC(C)(C)CC(C)(C)C)nn1. The van der Waals surface area contributed by atoms with Crippen LogP contribution in [0.4, 0.5) is 0 Å². The van der Waals surface area contributed by atoms with E-state index in [4.69, 9.17) is 10.5 Å². The maximum absolute atomic E-state index is 6.53. The van der Waals surface area contributed by atoms with Gasteiger partial charge in [0.15, 0.2) is 0 Å². The summed E-state index contributed by atoms with van der Waals surface area (Å²) in [6.45, 7) is 30.6.